The maximum atomic E-state index is 6.09. The summed E-state index contributed by atoms with van der Waals surface area (Å²) in [6, 6.07) is 12.9. The summed E-state index contributed by atoms with van der Waals surface area (Å²) >= 11 is 0. The van der Waals surface area contributed by atoms with Crippen LogP contribution in [-0.2, 0) is 6.42 Å². The van der Waals surface area contributed by atoms with Crippen molar-refractivity contribution in [2.45, 2.75) is 46.0 Å². The molecule has 1 unspecified atom stereocenters. The lowest BCUT2D eigenvalue weighted by Crippen LogP contribution is -2.15. The fourth-order valence-electron chi connectivity index (χ4n) is 3.15. The molecule has 0 radical (unpaired) electrons. The molecular formula is C22H31NO2. The fourth-order valence-corrected chi connectivity index (χ4v) is 3.15. The van der Waals surface area contributed by atoms with Gasteiger partial charge in [0, 0.05) is 5.92 Å². The highest BCUT2D eigenvalue weighted by Gasteiger charge is 2.14. The van der Waals surface area contributed by atoms with Gasteiger partial charge in [-0.25, -0.2) is 0 Å². The Labute approximate surface area is 152 Å². The van der Waals surface area contributed by atoms with Gasteiger partial charge in [0.15, 0.2) is 11.5 Å². The van der Waals surface area contributed by atoms with Crippen molar-refractivity contribution >= 4 is 0 Å². The van der Waals surface area contributed by atoms with Crippen LogP contribution in [0, 0.1) is 13.8 Å². The van der Waals surface area contributed by atoms with Crippen LogP contribution in [0.4, 0.5) is 0 Å². The molecule has 0 aliphatic carbocycles. The molecule has 3 heteroatoms. The first-order valence-corrected chi connectivity index (χ1v) is 9.15. The van der Waals surface area contributed by atoms with Crippen molar-refractivity contribution in [3.8, 4) is 11.5 Å². The van der Waals surface area contributed by atoms with Crippen LogP contribution in [0.2, 0.25) is 0 Å². The topological polar surface area (TPSA) is 44.5 Å². The number of nitrogens with two attached hydrogens (primary N) is 1. The van der Waals surface area contributed by atoms with E-state index in [1.807, 2.05) is 6.07 Å². The maximum Gasteiger partial charge on any atom is 0.161 e. The van der Waals surface area contributed by atoms with Crippen molar-refractivity contribution in [3.05, 3.63) is 58.7 Å². The van der Waals surface area contributed by atoms with Gasteiger partial charge in [-0.3, -0.25) is 0 Å². The van der Waals surface area contributed by atoms with E-state index in [0.717, 1.165) is 30.8 Å². The molecule has 0 aliphatic heterocycles. The predicted molar refractivity (Wildman–Crippen MR) is 105 cm³/mol. The van der Waals surface area contributed by atoms with E-state index in [1.54, 1.807) is 7.11 Å². The molecule has 2 rings (SSSR count). The number of rotatable bonds is 9. The van der Waals surface area contributed by atoms with Crippen molar-refractivity contribution < 1.29 is 9.47 Å². The van der Waals surface area contributed by atoms with Crippen LogP contribution in [0.25, 0.3) is 0 Å². The Kier molecular flexibility index (Phi) is 7.32. The Balaban J connectivity index is 2.20. The minimum absolute atomic E-state index is 0.301. The minimum Gasteiger partial charge on any atom is -0.493 e. The van der Waals surface area contributed by atoms with Gasteiger partial charge in [-0.1, -0.05) is 48.7 Å². The highest BCUT2D eigenvalue weighted by Crippen LogP contribution is 2.31. The zero-order valence-electron chi connectivity index (χ0n) is 16.0. The van der Waals surface area contributed by atoms with Crippen LogP contribution in [0.15, 0.2) is 36.4 Å². The average molecular weight is 341 g/mol. The predicted octanol–water partition coefficient (Wildman–Crippen LogP) is 4.78. The van der Waals surface area contributed by atoms with Gasteiger partial charge in [0.05, 0.1) is 13.7 Å². The second-order valence-corrected chi connectivity index (χ2v) is 6.75. The van der Waals surface area contributed by atoms with Crippen LogP contribution >= 0.6 is 0 Å². The summed E-state index contributed by atoms with van der Waals surface area (Å²) in [7, 11) is 1.68. The third kappa shape index (κ3) is 5.50. The summed E-state index contributed by atoms with van der Waals surface area (Å²) in [4.78, 5) is 0. The second-order valence-electron chi connectivity index (χ2n) is 6.75. The summed E-state index contributed by atoms with van der Waals surface area (Å²) in [5, 5.41) is 0. The van der Waals surface area contributed by atoms with Crippen LogP contribution in [0.1, 0.15) is 47.9 Å². The van der Waals surface area contributed by atoms with Gasteiger partial charge in [-0.05, 0) is 56.5 Å². The zero-order valence-corrected chi connectivity index (χ0v) is 16.0. The van der Waals surface area contributed by atoms with Crippen LogP contribution in [-0.4, -0.2) is 20.3 Å². The Morgan fingerprint density at radius 1 is 1.00 bits per heavy atom. The van der Waals surface area contributed by atoms with Gasteiger partial charge in [-0.2, -0.15) is 0 Å². The van der Waals surface area contributed by atoms with Gasteiger partial charge in [0.1, 0.15) is 0 Å². The molecule has 0 aliphatic rings. The van der Waals surface area contributed by atoms with E-state index in [-0.39, 0.29) is 0 Å². The average Bonchev–Trinajstić information content (AvgIpc) is 2.59. The highest BCUT2D eigenvalue weighted by atomic mass is 16.5. The molecular weight excluding hydrogens is 310 g/mol. The monoisotopic (exact) mass is 341 g/mol. The number of aryl methyl sites for hydroxylation is 2. The summed E-state index contributed by atoms with van der Waals surface area (Å²) in [6.07, 6.45) is 3.05. The molecule has 0 amide bonds. The lowest BCUT2D eigenvalue weighted by molar-refractivity contribution is 0.288. The molecule has 0 saturated heterocycles. The molecule has 0 heterocycles. The first-order valence-electron chi connectivity index (χ1n) is 9.15. The molecule has 3 nitrogen and oxygen atoms in total. The van der Waals surface area contributed by atoms with Crippen molar-refractivity contribution in [3.63, 3.8) is 0 Å². The number of methoxy groups -OCH3 is 1. The van der Waals surface area contributed by atoms with Crippen molar-refractivity contribution in [2.75, 3.05) is 20.3 Å². The quantitative estimate of drug-likeness (QED) is 0.668. The smallest absolute Gasteiger partial charge is 0.161 e. The van der Waals surface area contributed by atoms with E-state index in [9.17, 15) is 0 Å². The largest absolute Gasteiger partial charge is 0.493 e. The lowest BCUT2D eigenvalue weighted by atomic mass is 9.90. The third-order valence-electron chi connectivity index (χ3n) is 4.47. The summed E-state index contributed by atoms with van der Waals surface area (Å²) in [5.74, 6) is 1.91. The van der Waals surface area contributed by atoms with E-state index >= 15 is 0 Å². The van der Waals surface area contributed by atoms with Crippen molar-refractivity contribution in [1.29, 1.82) is 0 Å². The Morgan fingerprint density at radius 3 is 2.32 bits per heavy atom. The lowest BCUT2D eigenvalue weighted by Gasteiger charge is -2.18. The maximum absolute atomic E-state index is 6.09. The molecule has 0 spiro atoms. The number of ether oxygens (including phenoxy) is 2. The second kappa shape index (κ2) is 9.47. The van der Waals surface area contributed by atoms with Gasteiger partial charge in [-0.15, -0.1) is 0 Å². The molecule has 2 N–H and O–H groups in total. The first kappa shape index (κ1) is 19.3. The Bertz CT molecular complexity index is 661. The van der Waals surface area contributed by atoms with Crippen molar-refractivity contribution in [2.24, 2.45) is 5.73 Å². The van der Waals surface area contributed by atoms with Gasteiger partial charge < -0.3 is 15.2 Å². The fraction of sp³-hybridized carbons (Fsp3) is 0.455. The van der Waals surface area contributed by atoms with Gasteiger partial charge in [0.2, 0.25) is 0 Å². The molecule has 0 saturated carbocycles. The molecule has 1 atom stereocenters. The van der Waals surface area contributed by atoms with E-state index in [1.165, 1.54) is 22.3 Å². The van der Waals surface area contributed by atoms with Crippen molar-refractivity contribution in [1.82, 2.24) is 0 Å². The number of unbranched alkanes of at least 4 members (excludes halogenated alkanes) is 1. The first-order chi connectivity index (χ1) is 12.1. The SMILES string of the molecule is CCCCOc1cc(CC(CN)c2cc(C)cc(C)c2)ccc1OC. The Hall–Kier alpha value is -2.00. The summed E-state index contributed by atoms with van der Waals surface area (Å²) in [5.41, 5.74) is 11.2. The number of hydrogen-bond acceptors (Lipinski definition) is 3. The van der Waals surface area contributed by atoms with Gasteiger partial charge >= 0.3 is 0 Å². The number of hydrogen-bond donors (Lipinski definition) is 1. The molecule has 136 valence electrons. The summed E-state index contributed by atoms with van der Waals surface area (Å²) < 4.78 is 11.3. The molecule has 2 aromatic rings. The minimum atomic E-state index is 0.301. The normalized spacial score (nSPS) is 12.0. The Morgan fingerprint density at radius 2 is 1.72 bits per heavy atom. The highest BCUT2D eigenvalue weighted by molar-refractivity contribution is 5.44. The van der Waals surface area contributed by atoms with E-state index in [2.05, 4.69) is 51.1 Å². The van der Waals surface area contributed by atoms with E-state index in [4.69, 9.17) is 15.2 Å². The van der Waals surface area contributed by atoms with Crippen LogP contribution < -0.4 is 15.2 Å². The van der Waals surface area contributed by atoms with Crippen LogP contribution in [0.5, 0.6) is 11.5 Å². The van der Waals surface area contributed by atoms with Gasteiger partial charge in [0.25, 0.3) is 0 Å². The standard InChI is InChI=1S/C22H31NO2/c1-5-6-9-25-22-14-18(7-8-21(22)24-4)13-20(15-23)19-11-16(2)10-17(3)12-19/h7-8,10-12,14,20H,5-6,9,13,15,23H2,1-4H3. The molecule has 25 heavy (non-hydrogen) atoms. The van der Waals surface area contributed by atoms with E-state index < -0.39 is 0 Å². The molecule has 2 aromatic carbocycles. The summed E-state index contributed by atoms with van der Waals surface area (Å²) in [6.45, 7) is 7.77. The zero-order chi connectivity index (χ0) is 18.2. The third-order valence-corrected chi connectivity index (χ3v) is 4.47. The molecule has 0 bridgehead atoms. The molecule has 0 fully saturated rings. The molecule has 0 aromatic heterocycles. The van der Waals surface area contributed by atoms with E-state index in [0.29, 0.717) is 19.1 Å². The number of benzene rings is 2. The van der Waals surface area contributed by atoms with Crippen LogP contribution in [0.3, 0.4) is 0 Å².